The van der Waals surface area contributed by atoms with Crippen LogP contribution in [0, 0.1) is 5.92 Å². The number of carboxylic acids is 1. The number of ether oxygens (including phenoxy) is 1. The number of aromatic carboxylic acids is 1. The Balaban J connectivity index is 1.88. The van der Waals surface area contributed by atoms with Crippen molar-refractivity contribution in [3.8, 4) is 0 Å². The highest BCUT2D eigenvalue weighted by Crippen LogP contribution is 2.24. The molecule has 150 valence electrons. The topological polar surface area (TPSA) is 113 Å². The predicted molar refractivity (Wildman–Crippen MR) is 99.0 cm³/mol. The van der Waals surface area contributed by atoms with Crippen molar-refractivity contribution in [2.75, 3.05) is 26.2 Å². The summed E-state index contributed by atoms with van der Waals surface area (Å²) in [7, 11) is -3.70. The summed E-state index contributed by atoms with van der Waals surface area (Å²) in [4.78, 5) is 23.1. The van der Waals surface area contributed by atoms with Gasteiger partial charge in [0.1, 0.15) is 0 Å². The van der Waals surface area contributed by atoms with E-state index in [9.17, 15) is 18.0 Å². The third-order valence-electron chi connectivity index (χ3n) is 4.42. The van der Waals surface area contributed by atoms with Crippen LogP contribution in [0.5, 0.6) is 0 Å². The third-order valence-corrected chi connectivity index (χ3v) is 6.33. The van der Waals surface area contributed by atoms with E-state index in [1.807, 2.05) is 13.8 Å². The molecule has 8 nitrogen and oxygen atoms in total. The van der Waals surface area contributed by atoms with Gasteiger partial charge < -0.3 is 15.2 Å². The second kappa shape index (κ2) is 9.29. The summed E-state index contributed by atoms with van der Waals surface area (Å²) in [5.41, 5.74) is 0.0331. The molecule has 1 heterocycles. The Morgan fingerprint density at radius 1 is 1.22 bits per heavy atom. The number of hydrogen-bond acceptors (Lipinski definition) is 5. The van der Waals surface area contributed by atoms with E-state index in [-0.39, 0.29) is 41.5 Å². The van der Waals surface area contributed by atoms with Crippen molar-refractivity contribution in [3.05, 3.63) is 29.8 Å². The normalized spacial score (nSPS) is 16.4. The molecule has 0 radical (unpaired) electrons. The van der Waals surface area contributed by atoms with E-state index in [2.05, 4.69) is 5.32 Å². The Morgan fingerprint density at radius 3 is 2.33 bits per heavy atom. The van der Waals surface area contributed by atoms with Crippen LogP contribution in [-0.4, -0.2) is 62.1 Å². The van der Waals surface area contributed by atoms with Gasteiger partial charge in [-0.05, 0) is 51.0 Å². The second-order valence-corrected chi connectivity index (χ2v) is 8.66. The fraction of sp³-hybridized carbons (Fsp3) is 0.556. The molecule has 2 N–H and O–H groups in total. The number of carbonyl (C=O) groups excluding carboxylic acids is 1. The van der Waals surface area contributed by atoms with Crippen LogP contribution < -0.4 is 5.32 Å². The van der Waals surface area contributed by atoms with Gasteiger partial charge in [0.25, 0.3) is 0 Å². The van der Waals surface area contributed by atoms with Crippen molar-refractivity contribution < 1.29 is 27.9 Å². The molecule has 0 spiro atoms. The molecule has 0 bridgehead atoms. The van der Waals surface area contributed by atoms with Gasteiger partial charge in [0, 0.05) is 25.6 Å². The average molecular weight is 398 g/mol. The number of sulfonamides is 1. The van der Waals surface area contributed by atoms with Crippen molar-refractivity contribution in [2.45, 2.75) is 37.7 Å². The maximum Gasteiger partial charge on any atom is 0.335 e. The van der Waals surface area contributed by atoms with Gasteiger partial charge in [0.05, 0.1) is 23.2 Å². The van der Waals surface area contributed by atoms with E-state index in [4.69, 9.17) is 9.84 Å². The van der Waals surface area contributed by atoms with Crippen molar-refractivity contribution in [2.24, 2.45) is 5.92 Å². The molecule has 1 aliphatic rings. The lowest BCUT2D eigenvalue weighted by atomic mass is 9.97. The van der Waals surface area contributed by atoms with Crippen LogP contribution in [0.1, 0.15) is 37.0 Å². The summed E-state index contributed by atoms with van der Waals surface area (Å²) in [5, 5.41) is 11.7. The number of nitrogens with zero attached hydrogens (tertiary/aromatic N) is 1. The molecule has 1 aromatic rings. The highest BCUT2D eigenvalue weighted by Gasteiger charge is 2.32. The first kappa shape index (κ1) is 21.3. The van der Waals surface area contributed by atoms with Crippen LogP contribution in [0.25, 0.3) is 0 Å². The number of carbonyl (C=O) groups is 2. The molecular weight excluding hydrogens is 372 g/mol. The van der Waals surface area contributed by atoms with Crippen molar-refractivity contribution >= 4 is 21.9 Å². The fourth-order valence-corrected chi connectivity index (χ4v) is 4.36. The zero-order chi connectivity index (χ0) is 20.0. The molecule has 0 atom stereocenters. The van der Waals surface area contributed by atoms with Gasteiger partial charge in [-0.15, -0.1) is 0 Å². The number of carboxylic acid groups (broad SMARTS) is 1. The van der Waals surface area contributed by atoms with Gasteiger partial charge in [-0.1, -0.05) is 0 Å². The Labute approximate surface area is 159 Å². The minimum atomic E-state index is -3.70. The Morgan fingerprint density at radius 2 is 1.81 bits per heavy atom. The van der Waals surface area contributed by atoms with E-state index in [1.54, 1.807) is 0 Å². The molecule has 2 rings (SSSR count). The smallest absolute Gasteiger partial charge is 0.335 e. The van der Waals surface area contributed by atoms with Gasteiger partial charge in [0.15, 0.2) is 0 Å². The summed E-state index contributed by atoms with van der Waals surface area (Å²) in [6, 6.07) is 5.14. The first-order chi connectivity index (χ1) is 12.7. The molecule has 0 aliphatic carbocycles. The molecule has 0 aromatic heterocycles. The van der Waals surface area contributed by atoms with Crippen LogP contribution in [-0.2, 0) is 19.6 Å². The number of amides is 1. The van der Waals surface area contributed by atoms with Crippen LogP contribution in [0.3, 0.4) is 0 Å². The number of nitrogens with one attached hydrogen (secondary N) is 1. The van der Waals surface area contributed by atoms with Crippen LogP contribution >= 0.6 is 0 Å². The second-order valence-electron chi connectivity index (χ2n) is 6.72. The zero-order valence-corrected chi connectivity index (χ0v) is 16.4. The largest absolute Gasteiger partial charge is 0.478 e. The van der Waals surface area contributed by atoms with E-state index >= 15 is 0 Å². The van der Waals surface area contributed by atoms with Gasteiger partial charge in [-0.3, -0.25) is 4.79 Å². The molecule has 1 aliphatic heterocycles. The average Bonchev–Trinajstić information content (AvgIpc) is 2.65. The lowest BCUT2D eigenvalue weighted by Crippen LogP contribution is -2.43. The quantitative estimate of drug-likeness (QED) is 0.639. The molecular formula is C18H26N2O6S. The Hall–Kier alpha value is -1.97. The van der Waals surface area contributed by atoms with Gasteiger partial charge >= 0.3 is 5.97 Å². The number of rotatable bonds is 8. The van der Waals surface area contributed by atoms with Crippen molar-refractivity contribution in [1.29, 1.82) is 0 Å². The first-order valence-corrected chi connectivity index (χ1v) is 10.4. The molecule has 1 saturated heterocycles. The summed E-state index contributed by atoms with van der Waals surface area (Å²) in [5.74, 6) is -1.40. The molecule has 9 heteroatoms. The third kappa shape index (κ3) is 5.75. The molecule has 1 fully saturated rings. The number of piperidine rings is 1. The zero-order valence-electron chi connectivity index (χ0n) is 15.6. The standard InChI is InChI=1S/C18H26N2O6S/c1-13(2)26-12-9-19-17(21)14-7-10-20(11-8-14)27(24,25)16-5-3-15(4-6-16)18(22)23/h3-6,13-14H,7-12H2,1-2H3,(H,19,21)(H,22,23). The monoisotopic (exact) mass is 398 g/mol. The molecule has 1 amide bonds. The molecule has 0 saturated carbocycles. The molecule has 27 heavy (non-hydrogen) atoms. The summed E-state index contributed by atoms with van der Waals surface area (Å²) in [6.45, 7) is 5.24. The minimum absolute atomic E-state index is 0.0331. The maximum absolute atomic E-state index is 12.7. The lowest BCUT2D eigenvalue weighted by Gasteiger charge is -2.30. The van der Waals surface area contributed by atoms with E-state index in [0.29, 0.717) is 26.0 Å². The lowest BCUT2D eigenvalue weighted by molar-refractivity contribution is -0.126. The maximum atomic E-state index is 12.7. The van der Waals surface area contributed by atoms with Crippen LogP contribution in [0.15, 0.2) is 29.2 Å². The first-order valence-electron chi connectivity index (χ1n) is 8.94. The summed E-state index contributed by atoms with van der Waals surface area (Å²) in [6.07, 6.45) is 1.01. The van der Waals surface area contributed by atoms with E-state index in [0.717, 1.165) is 0 Å². The molecule has 1 aromatic carbocycles. The predicted octanol–water partition coefficient (Wildman–Crippen LogP) is 1.33. The van der Waals surface area contributed by atoms with Gasteiger partial charge in [0.2, 0.25) is 15.9 Å². The molecule has 0 unspecified atom stereocenters. The van der Waals surface area contributed by atoms with Crippen LogP contribution in [0.2, 0.25) is 0 Å². The summed E-state index contributed by atoms with van der Waals surface area (Å²) < 4.78 is 32.1. The SMILES string of the molecule is CC(C)OCCNC(=O)C1CCN(S(=O)(=O)c2ccc(C(=O)O)cc2)CC1. The van der Waals surface area contributed by atoms with Gasteiger partial charge in [-0.2, -0.15) is 4.31 Å². The van der Waals surface area contributed by atoms with Crippen molar-refractivity contribution in [3.63, 3.8) is 0 Å². The highest BCUT2D eigenvalue weighted by molar-refractivity contribution is 7.89. The van der Waals surface area contributed by atoms with Crippen LogP contribution in [0.4, 0.5) is 0 Å². The van der Waals surface area contributed by atoms with Crippen molar-refractivity contribution in [1.82, 2.24) is 9.62 Å². The van der Waals surface area contributed by atoms with E-state index < -0.39 is 16.0 Å². The fourth-order valence-electron chi connectivity index (χ4n) is 2.89. The highest BCUT2D eigenvalue weighted by atomic mass is 32.2. The number of benzene rings is 1. The number of hydrogen-bond donors (Lipinski definition) is 2. The van der Waals surface area contributed by atoms with Gasteiger partial charge in [-0.25, -0.2) is 13.2 Å². The van der Waals surface area contributed by atoms with E-state index in [1.165, 1.54) is 28.6 Å². The summed E-state index contributed by atoms with van der Waals surface area (Å²) >= 11 is 0. The minimum Gasteiger partial charge on any atom is -0.478 e. The Kier molecular flexibility index (Phi) is 7.34. The Bertz CT molecular complexity index is 753.